The highest BCUT2D eigenvalue weighted by Gasteiger charge is 2.47. The zero-order valence-corrected chi connectivity index (χ0v) is 29.5. The van der Waals surface area contributed by atoms with Gasteiger partial charge in [-0.1, -0.05) is 24.3 Å². The fourth-order valence-corrected chi connectivity index (χ4v) is 8.33. The molecule has 2 fully saturated rings. The standard InChI is InChI=1S/C40H41N7O5/c1-22-28(6-4-8-30(22)38-45-34-20-47(21-35(34)51-38)36(48)17-43-11-10-42-3)29-7-5-9-31(23(29)2)39-44-33-13-24(12-25(16-41)37(33)52-39)18-46-19-26-14-27(46)15-32(26)40(49)50/h4-9,12-13,26-27,32,42-43H,10-11,14-15,17-21H2,1-3H3,(H,49,50). The molecule has 12 heteroatoms. The number of carbonyl (C=O) groups excluding carboxylic acids is 1. The average Bonchev–Trinajstić information content (AvgIpc) is 3.96. The lowest BCUT2D eigenvalue weighted by Gasteiger charge is -2.29. The summed E-state index contributed by atoms with van der Waals surface area (Å²) in [4.78, 5) is 38.1. The first kappa shape index (κ1) is 33.8. The fourth-order valence-electron chi connectivity index (χ4n) is 8.33. The quantitative estimate of drug-likeness (QED) is 0.155. The molecule has 3 unspecified atom stereocenters. The number of carboxylic acids is 1. The maximum Gasteiger partial charge on any atom is 0.306 e. The van der Waals surface area contributed by atoms with E-state index in [2.05, 4.69) is 40.7 Å². The lowest BCUT2D eigenvalue weighted by Crippen LogP contribution is -2.37. The molecule has 52 heavy (non-hydrogen) atoms. The summed E-state index contributed by atoms with van der Waals surface area (Å²) in [6.45, 7) is 8.13. The molecule has 1 aliphatic carbocycles. The number of hydrogen-bond acceptors (Lipinski definition) is 10. The Morgan fingerprint density at radius 1 is 0.962 bits per heavy atom. The van der Waals surface area contributed by atoms with Crippen molar-refractivity contribution in [2.24, 2.45) is 11.8 Å². The molecule has 8 rings (SSSR count). The van der Waals surface area contributed by atoms with Gasteiger partial charge in [0.1, 0.15) is 23.0 Å². The van der Waals surface area contributed by atoms with E-state index in [0.29, 0.717) is 54.5 Å². The van der Waals surface area contributed by atoms with Crippen molar-refractivity contribution < 1.29 is 23.5 Å². The van der Waals surface area contributed by atoms with Crippen LogP contribution in [0.15, 0.2) is 57.4 Å². The van der Waals surface area contributed by atoms with E-state index in [1.165, 1.54) is 0 Å². The Bertz CT molecular complexity index is 2230. The van der Waals surface area contributed by atoms with Crippen LogP contribution >= 0.6 is 0 Å². The van der Waals surface area contributed by atoms with Crippen LogP contribution in [0.1, 0.15) is 46.5 Å². The third kappa shape index (κ3) is 6.04. The van der Waals surface area contributed by atoms with Crippen molar-refractivity contribution in [3.05, 3.63) is 82.2 Å². The molecule has 1 saturated heterocycles. The first-order valence-corrected chi connectivity index (χ1v) is 17.8. The van der Waals surface area contributed by atoms with Gasteiger partial charge in [-0.3, -0.25) is 14.5 Å². The van der Waals surface area contributed by atoms with Crippen LogP contribution in [0.2, 0.25) is 0 Å². The van der Waals surface area contributed by atoms with Crippen LogP contribution in [0.4, 0.5) is 0 Å². The Hall–Kier alpha value is -5.35. The molecule has 3 aromatic carbocycles. The summed E-state index contributed by atoms with van der Waals surface area (Å²) in [5, 5.41) is 25.8. The zero-order valence-electron chi connectivity index (χ0n) is 29.5. The Morgan fingerprint density at radius 2 is 1.67 bits per heavy atom. The molecule has 3 aliphatic rings. The minimum absolute atomic E-state index is 0.0218. The maximum absolute atomic E-state index is 12.7. The number of piperidine rings is 1. The molecule has 2 aliphatic heterocycles. The monoisotopic (exact) mass is 699 g/mol. The SMILES string of the molecule is CNCCNCC(=O)N1Cc2nc(-c3cccc(-c4cccc(-c5nc6cc(CN7CC8CC7CC8C(=O)O)cc(C#N)c6o5)c4C)c3C)oc2C1. The highest BCUT2D eigenvalue weighted by Crippen LogP contribution is 2.43. The Kier molecular flexibility index (Phi) is 8.87. The number of rotatable bonds is 11. The second-order valence-corrected chi connectivity index (χ2v) is 14.3. The van der Waals surface area contributed by atoms with Gasteiger partial charge in [0.15, 0.2) is 5.58 Å². The van der Waals surface area contributed by atoms with E-state index in [4.69, 9.17) is 18.8 Å². The van der Waals surface area contributed by atoms with Crippen molar-refractivity contribution in [1.29, 1.82) is 5.26 Å². The Balaban J connectivity index is 1.03. The van der Waals surface area contributed by atoms with E-state index in [9.17, 15) is 20.0 Å². The van der Waals surface area contributed by atoms with Gasteiger partial charge in [-0.2, -0.15) is 5.26 Å². The van der Waals surface area contributed by atoms with Crippen LogP contribution in [-0.2, 0) is 29.2 Å². The summed E-state index contributed by atoms with van der Waals surface area (Å²) < 4.78 is 12.6. The Morgan fingerprint density at radius 3 is 2.31 bits per heavy atom. The molecule has 12 nitrogen and oxygen atoms in total. The molecule has 266 valence electrons. The van der Waals surface area contributed by atoms with Gasteiger partial charge in [-0.15, -0.1) is 0 Å². The number of nitrogens with one attached hydrogen (secondary N) is 2. The number of likely N-dealkylation sites (tertiary alicyclic amines) is 1. The molecular formula is C40H41N7O5. The number of hydrogen-bond donors (Lipinski definition) is 3. The average molecular weight is 700 g/mol. The first-order chi connectivity index (χ1) is 25.2. The molecule has 2 bridgehead atoms. The van der Waals surface area contributed by atoms with Gasteiger partial charge in [0, 0.05) is 43.3 Å². The van der Waals surface area contributed by atoms with Gasteiger partial charge in [0.05, 0.1) is 31.1 Å². The molecular weight excluding hydrogens is 658 g/mol. The smallest absolute Gasteiger partial charge is 0.306 e. The number of oxazole rings is 2. The third-order valence-corrected chi connectivity index (χ3v) is 11.1. The number of carboxylic acid groups (broad SMARTS) is 1. The molecule has 4 heterocycles. The minimum atomic E-state index is -0.693. The predicted octanol–water partition coefficient (Wildman–Crippen LogP) is 5.25. The number of amides is 1. The molecule has 3 atom stereocenters. The summed E-state index contributed by atoms with van der Waals surface area (Å²) in [6, 6.07) is 18.5. The minimum Gasteiger partial charge on any atom is -0.481 e. The molecule has 5 aromatic rings. The number of aliphatic carboxylic acids is 1. The van der Waals surface area contributed by atoms with Gasteiger partial charge in [-0.05, 0) is 91.7 Å². The van der Waals surface area contributed by atoms with E-state index in [1.54, 1.807) is 4.90 Å². The van der Waals surface area contributed by atoms with Crippen LogP contribution in [0.25, 0.3) is 45.1 Å². The lowest BCUT2D eigenvalue weighted by molar-refractivity contribution is -0.144. The summed E-state index contributed by atoms with van der Waals surface area (Å²) in [6.07, 6.45) is 1.59. The van der Waals surface area contributed by atoms with E-state index >= 15 is 0 Å². The summed E-state index contributed by atoms with van der Waals surface area (Å²) in [5.74, 6) is 0.962. The number of nitrogens with zero attached hydrogens (tertiary/aromatic N) is 5. The number of nitriles is 1. The first-order valence-electron chi connectivity index (χ1n) is 17.8. The largest absolute Gasteiger partial charge is 0.481 e. The van der Waals surface area contributed by atoms with Gasteiger partial charge >= 0.3 is 5.97 Å². The van der Waals surface area contributed by atoms with Crippen molar-refractivity contribution in [1.82, 2.24) is 30.4 Å². The van der Waals surface area contributed by atoms with E-state index in [-0.39, 0.29) is 30.3 Å². The molecule has 0 radical (unpaired) electrons. The number of aromatic nitrogens is 2. The summed E-state index contributed by atoms with van der Waals surface area (Å²) in [7, 11) is 1.88. The zero-order chi connectivity index (χ0) is 36.1. The van der Waals surface area contributed by atoms with Crippen molar-refractivity contribution in [3.63, 3.8) is 0 Å². The molecule has 0 spiro atoms. The summed E-state index contributed by atoms with van der Waals surface area (Å²) >= 11 is 0. The molecule has 1 saturated carbocycles. The number of carbonyl (C=O) groups is 2. The molecule has 2 aromatic heterocycles. The van der Waals surface area contributed by atoms with Crippen molar-refractivity contribution in [2.75, 3.05) is 33.2 Å². The van der Waals surface area contributed by atoms with Gasteiger partial charge in [-0.25, -0.2) is 9.97 Å². The van der Waals surface area contributed by atoms with Gasteiger partial charge < -0.3 is 29.5 Å². The highest BCUT2D eigenvalue weighted by atomic mass is 16.4. The fraction of sp³-hybridized carbons (Fsp3) is 0.375. The highest BCUT2D eigenvalue weighted by molar-refractivity contribution is 5.85. The molecule has 3 N–H and O–H groups in total. The molecule has 1 amide bonds. The van der Waals surface area contributed by atoms with Crippen molar-refractivity contribution in [3.8, 4) is 40.1 Å². The van der Waals surface area contributed by atoms with Crippen LogP contribution in [-0.4, -0.2) is 76.0 Å². The van der Waals surface area contributed by atoms with Crippen LogP contribution in [0.3, 0.4) is 0 Å². The normalized spacial score (nSPS) is 19.4. The third-order valence-electron chi connectivity index (χ3n) is 11.1. The Labute approximate surface area is 301 Å². The topological polar surface area (TPSA) is 161 Å². The van der Waals surface area contributed by atoms with Crippen LogP contribution in [0.5, 0.6) is 0 Å². The lowest BCUT2D eigenvalue weighted by atomic mass is 9.91. The van der Waals surface area contributed by atoms with Crippen molar-refractivity contribution >= 4 is 23.0 Å². The number of likely N-dealkylation sites (N-methyl/N-ethyl adjacent to an activating group) is 1. The van der Waals surface area contributed by atoms with E-state index < -0.39 is 5.97 Å². The summed E-state index contributed by atoms with van der Waals surface area (Å²) in [5.41, 5.74) is 9.05. The second-order valence-electron chi connectivity index (χ2n) is 14.3. The van der Waals surface area contributed by atoms with E-state index in [0.717, 1.165) is 76.5 Å². The van der Waals surface area contributed by atoms with Gasteiger partial charge in [0.25, 0.3) is 0 Å². The van der Waals surface area contributed by atoms with E-state index in [1.807, 2.05) is 50.4 Å². The van der Waals surface area contributed by atoms with Gasteiger partial charge in [0.2, 0.25) is 17.7 Å². The van der Waals surface area contributed by atoms with Crippen LogP contribution in [0, 0.1) is 37.0 Å². The number of fused-ring (bicyclic) bond motifs is 4. The number of benzene rings is 3. The second kappa shape index (κ2) is 13.7. The predicted molar refractivity (Wildman–Crippen MR) is 194 cm³/mol. The maximum atomic E-state index is 12.7. The van der Waals surface area contributed by atoms with Crippen LogP contribution < -0.4 is 10.6 Å². The van der Waals surface area contributed by atoms with Crippen molar-refractivity contribution in [2.45, 2.75) is 52.4 Å².